The monoisotopic (exact) mass is 510 g/mol. The van der Waals surface area contributed by atoms with Gasteiger partial charge in [-0.15, -0.1) is 11.3 Å². The van der Waals surface area contributed by atoms with Gasteiger partial charge in [0.05, 0.1) is 17.1 Å². The molecule has 0 unspecified atom stereocenters. The first kappa shape index (κ1) is 24.1. The first-order chi connectivity index (χ1) is 17.0. The Balaban J connectivity index is 1.15. The van der Waals surface area contributed by atoms with Crippen LogP contribution in [0.4, 0.5) is 0 Å². The number of hydrogen-bond donors (Lipinski definition) is 0. The van der Waals surface area contributed by atoms with Crippen LogP contribution < -0.4 is 0 Å². The van der Waals surface area contributed by atoms with Crippen LogP contribution in [0, 0.1) is 0 Å². The molecular formula is C26H30N4O3S2. The molecule has 0 bridgehead atoms. The number of sulfonamides is 1. The van der Waals surface area contributed by atoms with Crippen LogP contribution in [0.2, 0.25) is 0 Å². The Morgan fingerprint density at radius 1 is 0.857 bits per heavy atom. The van der Waals surface area contributed by atoms with Crippen molar-refractivity contribution >= 4 is 27.3 Å². The molecule has 2 fully saturated rings. The van der Waals surface area contributed by atoms with Crippen LogP contribution in [0.25, 0.3) is 11.3 Å². The normalized spacial score (nSPS) is 18.0. The molecule has 0 N–H and O–H groups in total. The number of carbonyl (C=O) groups is 1. The van der Waals surface area contributed by atoms with E-state index in [2.05, 4.69) is 22.4 Å². The van der Waals surface area contributed by atoms with Crippen LogP contribution in [-0.2, 0) is 16.6 Å². The quantitative estimate of drug-likeness (QED) is 0.502. The van der Waals surface area contributed by atoms with Gasteiger partial charge in [0.1, 0.15) is 5.01 Å². The molecule has 35 heavy (non-hydrogen) atoms. The van der Waals surface area contributed by atoms with Gasteiger partial charge < -0.3 is 4.90 Å². The molecule has 2 aromatic carbocycles. The first-order valence-corrected chi connectivity index (χ1v) is 14.4. The van der Waals surface area contributed by atoms with Gasteiger partial charge in [-0.2, -0.15) is 4.31 Å². The van der Waals surface area contributed by atoms with E-state index in [1.54, 1.807) is 39.9 Å². The molecule has 3 heterocycles. The lowest BCUT2D eigenvalue weighted by Crippen LogP contribution is -2.48. The summed E-state index contributed by atoms with van der Waals surface area (Å²) in [5.74, 6) is -0.0489. The Hall–Kier alpha value is -2.59. The maximum atomic E-state index is 13.0. The Labute approximate surface area is 211 Å². The van der Waals surface area contributed by atoms with E-state index in [0.717, 1.165) is 55.2 Å². The van der Waals surface area contributed by atoms with E-state index in [9.17, 15) is 13.2 Å². The summed E-state index contributed by atoms with van der Waals surface area (Å²) in [5, 5.41) is 3.17. The van der Waals surface area contributed by atoms with Crippen LogP contribution in [0.1, 0.15) is 34.6 Å². The summed E-state index contributed by atoms with van der Waals surface area (Å²) in [5.41, 5.74) is 2.66. The third kappa shape index (κ3) is 5.48. The lowest BCUT2D eigenvalue weighted by molar-refractivity contribution is 0.0628. The van der Waals surface area contributed by atoms with Crippen molar-refractivity contribution in [1.29, 1.82) is 0 Å². The van der Waals surface area contributed by atoms with Crippen LogP contribution in [0.15, 0.2) is 64.9 Å². The Morgan fingerprint density at radius 2 is 1.54 bits per heavy atom. The van der Waals surface area contributed by atoms with E-state index >= 15 is 0 Å². The summed E-state index contributed by atoms with van der Waals surface area (Å²) >= 11 is 1.67. The number of carbonyl (C=O) groups excluding carboxylic acids is 1. The SMILES string of the molecule is O=C(c1ccc(S(=O)(=O)N2CCCCC2)cc1)N1CCN(Cc2nc(-c3ccccc3)cs2)CC1. The first-order valence-electron chi connectivity index (χ1n) is 12.1. The number of benzene rings is 2. The molecule has 7 nitrogen and oxygen atoms in total. The number of rotatable bonds is 6. The van der Waals surface area contributed by atoms with E-state index in [1.807, 2.05) is 23.1 Å². The Bertz CT molecular complexity index is 1250. The van der Waals surface area contributed by atoms with Gasteiger partial charge in [-0.05, 0) is 37.1 Å². The van der Waals surface area contributed by atoms with Crippen LogP contribution in [0.3, 0.4) is 0 Å². The van der Waals surface area contributed by atoms with Crippen molar-refractivity contribution < 1.29 is 13.2 Å². The minimum absolute atomic E-state index is 0.0489. The maximum Gasteiger partial charge on any atom is 0.253 e. The highest BCUT2D eigenvalue weighted by atomic mass is 32.2. The largest absolute Gasteiger partial charge is 0.336 e. The van der Waals surface area contributed by atoms with Crippen molar-refractivity contribution in [3.05, 3.63) is 70.5 Å². The van der Waals surface area contributed by atoms with Crippen LogP contribution >= 0.6 is 11.3 Å². The molecule has 0 spiro atoms. The fraction of sp³-hybridized carbons (Fsp3) is 0.385. The third-order valence-electron chi connectivity index (χ3n) is 6.69. The smallest absolute Gasteiger partial charge is 0.253 e. The Morgan fingerprint density at radius 3 is 2.23 bits per heavy atom. The van der Waals surface area contributed by atoms with Gasteiger partial charge in [-0.1, -0.05) is 36.8 Å². The molecule has 1 aromatic heterocycles. The van der Waals surface area contributed by atoms with Gasteiger partial charge in [0.15, 0.2) is 0 Å². The maximum absolute atomic E-state index is 13.0. The van der Waals surface area contributed by atoms with Crippen LogP contribution in [0.5, 0.6) is 0 Å². The number of nitrogens with zero attached hydrogens (tertiary/aromatic N) is 4. The lowest BCUT2D eigenvalue weighted by Gasteiger charge is -2.34. The Kier molecular flexibility index (Phi) is 7.29. The average Bonchev–Trinajstić information content (AvgIpc) is 3.38. The average molecular weight is 511 g/mol. The van der Waals surface area contributed by atoms with E-state index in [1.165, 1.54) is 0 Å². The highest BCUT2D eigenvalue weighted by molar-refractivity contribution is 7.89. The number of piperidine rings is 1. The van der Waals surface area contributed by atoms with Gasteiger partial charge >= 0.3 is 0 Å². The summed E-state index contributed by atoms with van der Waals surface area (Å²) in [6, 6.07) is 16.6. The van der Waals surface area contributed by atoms with E-state index in [0.29, 0.717) is 31.7 Å². The lowest BCUT2D eigenvalue weighted by atomic mass is 10.2. The van der Waals surface area contributed by atoms with Crippen molar-refractivity contribution in [3.8, 4) is 11.3 Å². The predicted octanol–water partition coefficient (Wildman–Crippen LogP) is 3.94. The number of piperazine rings is 1. The zero-order valence-electron chi connectivity index (χ0n) is 19.7. The number of aromatic nitrogens is 1. The molecule has 0 saturated carbocycles. The zero-order valence-corrected chi connectivity index (χ0v) is 21.3. The molecule has 0 atom stereocenters. The molecule has 2 aliphatic rings. The summed E-state index contributed by atoms with van der Waals surface area (Å²) in [7, 11) is -3.49. The van der Waals surface area contributed by atoms with Gasteiger partial charge in [0.2, 0.25) is 10.0 Å². The minimum Gasteiger partial charge on any atom is -0.336 e. The molecule has 2 saturated heterocycles. The van der Waals surface area contributed by atoms with E-state index in [4.69, 9.17) is 4.98 Å². The molecule has 184 valence electrons. The second-order valence-electron chi connectivity index (χ2n) is 9.05. The minimum atomic E-state index is -3.49. The molecule has 2 aliphatic heterocycles. The molecule has 0 radical (unpaired) electrons. The highest BCUT2D eigenvalue weighted by Gasteiger charge is 2.27. The molecule has 9 heteroatoms. The molecule has 3 aromatic rings. The van der Waals surface area contributed by atoms with Crippen molar-refractivity contribution in [2.24, 2.45) is 0 Å². The molecule has 1 amide bonds. The topological polar surface area (TPSA) is 73.8 Å². The summed E-state index contributed by atoms with van der Waals surface area (Å²) in [4.78, 5) is 22.2. The van der Waals surface area contributed by atoms with Crippen molar-refractivity contribution in [2.75, 3.05) is 39.3 Å². The number of thiazole rings is 1. The number of hydrogen-bond acceptors (Lipinski definition) is 6. The second-order valence-corrected chi connectivity index (χ2v) is 11.9. The fourth-order valence-corrected chi connectivity index (χ4v) is 6.99. The summed E-state index contributed by atoms with van der Waals surface area (Å²) in [6.07, 6.45) is 2.88. The summed E-state index contributed by atoms with van der Waals surface area (Å²) in [6.45, 7) is 4.78. The summed E-state index contributed by atoms with van der Waals surface area (Å²) < 4.78 is 27.3. The second kappa shape index (κ2) is 10.6. The zero-order chi connectivity index (χ0) is 24.3. The van der Waals surface area contributed by atoms with Gasteiger partial charge in [-0.3, -0.25) is 9.69 Å². The van der Waals surface area contributed by atoms with Gasteiger partial charge in [-0.25, -0.2) is 13.4 Å². The molecular weight excluding hydrogens is 480 g/mol. The third-order valence-corrected chi connectivity index (χ3v) is 9.44. The van der Waals surface area contributed by atoms with Crippen molar-refractivity contribution in [1.82, 2.24) is 19.1 Å². The van der Waals surface area contributed by atoms with E-state index < -0.39 is 10.0 Å². The van der Waals surface area contributed by atoms with Gasteiger partial charge in [0.25, 0.3) is 5.91 Å². The van der Waals surface area contributed by atoms with Crippen molar-refractivity contribution in [2.45, 2.75) is 30.7 Å². The standard InChI is InChI=1S/C26H30N4O3S2/c31-26(22-9-11-23(12-10-22)35(32,33)30-13-5-2-6-14-30)29-17-15-28(16-18-29)19-25-27-24(20-34-25)21-7-3-1-4-8-21/h1,3-4,7-12,20H,2,5-6,13-19H2. The molecule has 5 rings (SSSR count). The predicted molar refractivity (Wildman–Crippen MR) is 138 cm³/mol. The highest BCUT2D eigenvalue weighted by Crippen LogP contribution is 2.24. The molecule has 0 aliphatic carbocycles. The van der Waals surface area contributed by atoms with Gasteiger partial charge in [0, 0.05) is 55.8 Å². The number of amides is 1. The fourth-order valence-electron chi connectivity index (χ4n) is 4.63. The van der Waals surface area contributed by atoms with Crippen molar-refractivity contribution in [3.63, 3.8) is 0 Å². The van der Waals surface area contributed by atoms with Crippen LogP contribution in [-0.4, -0.2) is 72.7 Å². The van der Waals surface area contributed by atoms with E-state index in [-0.39, 0.29) is 10.8 Å².